The largest absolute Gasteiger partial charge is 0.487 e. The van der Waals surface area contributed by atoms with Crippen LogP contribution in [0, 0.1) is 6.92 Å². The van der Waals surface area contributed by atoms with Crippen LogP contribution in [0.3, 0.4) is 0 Å². The fourth-order valence-corrected chi connectivity index (χ4v) is 7.14. The number of pyridine rings is 2. The number of nitrogens with zero attached hydrogens (tertiary/aromatic N) is 3. The molecule has 2 atom stereocenters. The number of aromatic nitrogens is 2. The van der Waals surface area contributed by atoms with E-state index in [0.717, 1.165) is 72.2 Å². The van der Waals surface area contributed by atoms with Crippen LogP contribution in [-0.4, -0.2) is 78.9 Å². The van der Waals surface area contributed by atoms with Crippen LogP contribution in [0.5, 0.6) is 11.6 Å². The van der Waals surface area contributed by atoms with E-state index < -0.39 is 0 Å². The molecular formula is C35H40Cl3N5O4. The molecule has 0 unspecified atom stereocenters. The third kappa shape index (κ3) is 8.39. The number of hydrogen-bond donors (Lipinski definition) is 2. The zero-order valence-electron chi connectivity index (χ0n) is 26.7. The summed E-state index contributed by atoms with van der Waals surface area (Å²) in [6, 6.07) is 9.79. The molecule has 0 spiro atoms. The summed E-state index contributed by atoms with van der Waals surface area (Å²) in [5.74, 6) is 0.952. The van der Waals surface area contributed by atoms with Crippen LogP contribution in [0.4, 0.5) is 0 Å². The van der Waals surface area contributed by atoms with E-state index in [1.807, 2.05) is 42.2 Å². The predicted octanol–water partition coefficient (Wildman–Crippen LogP) is 6.06. The number of nitrogens with one attached hydrogen (secondary N) is 2. The summed E-state index contributed by atoms with van der Waals surface area (Å²) >= 11 is 19.2. The number of methoxy groups -OCH3 is 1. The lowest BCUT2D eigenvalue weighted by Crippen LogP contribution is -2.60. The van der Waals surface area contributed by atoms with E-state index in [4.69, 9.17) is 49.0 Å². The van der Waals surface area contributed by atoms with Crippen molar-refractivity contribution in [1.29, 1.82) is 0 Å². The van der Waals surface area contributed by atoms with Gasteiger partial charge in [0.15, 0.2) is 5.75 Å². The zero-order valence-corrected chi connectivity index (χ0v) is 28.9. The number of halogens is 3. The van der Waals surface area contributed by atoms with E-state index in [9.17, 15) is 4.79 Å². The lowest BCUT2D eigenvalue weighted by Gasteiger charge is -2.40. The molecule has 4 heterocycles. The van der Waals surface area contributed by atoms with E-state index in [2.05, 4.69) is 20.6 Å². The van der Waals surface area contributed by atoms with Gasteiger partial charge < -0.3 is 29.7 Å². The first-order chi connectivity index (χ1) is 22.8. The number of rotatable bonds is 14. The summed E-state index contributed by atoms with van der Waals surface area (Å²) in [6.07, 6.45) is 7.85. The number of carbonyl (C=O) groups excluding carboxylic acids is 1. The van der Waals surface area contributed by atoms with Crippen molar-refractivity contribution in [3.63, 3.8) is 0 Å². The standard InChI is InChI=1S/C35H40Cl3N5O4/c1-21-12-28(36)34(29(37)13-21)47-11-10-46-32-8-5-22(16-41-32)27-15-25-17-39-19-31(42-25)33(27)35(44)43(26-6-7-26)20-23-14-24(4-3-9-45-2)40-18-30(23)38/h5,8,12-14,16,18,25-26,31,39,42H,3-4,6-7,9-11,15,17,19-20H2,1-2H3/t25-,31+/m1/s1. The van der Waals surface area contributed by atoms with Crippen molar-refractivity contribution in [2.24, 2.45) is 0 Å². The Labute approximate surface area is 290 Å². The van der Waals surface area contributed by atoms with Gasteiger partial charge in [0.25, 0.3) is 5.91 Å². The Bertz CT molecular complexity index is 1590. The van der Waals surface area contributed by atoms with Crippen LogP contribution in [0.1, 0.15) is 48.1 Å². The Kier molecular flexibility index (Phi) is 11.2. The first kappa shape index (κ1) is 34.0. The molecule has 47 heavy (non-hydrogen) atoms. The Morgan fingerprint density at radius 1 is 0.979 bits per heavy atom. The fraction of sp³-hybridized carbons (Fsp3) is 0.457. The average Bonchev–Trinajstić information content (AvgIpc) is 3.90. The highest BCUT2D eigenvalue weighted by Gasteiger charge is 2.41. The lowest BCUT2D eigenvalue weighted by molar-refractivity contribution is -0.128. The molecule has 1 aliphatic carbocycles. The maximum atomic E-state index is 14.5. The number of aryl methyl sites for hydroxylation is 2. The second kappa shape index (κ2) is 15.5. The first-order valence-electron chi connectivity index (χ1n) is 16.1. The quantitative estimate of drug-likeness (QED) is 0.196. The summed E-state index contributed by atoms with van der Waals surface area (Å²) in [6.45, 7) is 5.08. The number of amides is 1. The van der Waals surface area contributed by atoms with Gasteiger partial charge >= 0.3 is 0 Å². The zero-order chi connectivity index (χ0) is 32.9. The molecular weight excluding hydrogens is 661 g/mol. The van der Waals surface area contributed by atoms with E-state index in [1.54, 1.807) is 19.5 Å². The van der Waals surface area contributed by atoms with E-state index in [1.165, 1.54) is 0 Å². The van der Waals surface area contributed by atoms with Crippen LogP contribution in [-0.2, 0) is 22.5 Å². The molecule has 12 heteroatoms. The summed E-state index contributed by atoms with van der Waals surface area (Å²) in [4.78, 5) is 25.6. The highest BCUT2D eigenvalue weighted by Crippen LogP contribution is 2.37. The predicted molar refractivity (Wildman–Crippen MR) is 185 cm³/mol. The van der Waals surface area contributed by atoms with Gasteiger partial charge in [0, 0.05) is 75.2 Å². The first-order valence-corrected chi connectivity index (χ1v) is 17.2. The minimum atomic E-state index is -0.0998. The molecule has 2 aliphatic heterocycles. The van der Waals surface area contributed by atoms with Crippen molar-refractivity contribution in [2.45, 2.75) is 63.7 Å². The Balaban J connectivity index is 1.18. The van der Waals surface area contributed by atoms with E-state index in [0.29, 0.717) is 46.4 Å². The van der Waals surface area contributed by atoms with Crippen molar-refractivity contribution in [3.8, 4) is 11.6 Å². The summed E-state index contributed by atoms with van der Waals surface area (Å²) in [5, 5.41) is 8.69. The minimum Gasteiger partial charge on any atom is -0.487 e. The fourth-order valence-electron chi connectivity index (χ4n) is 6.27. The maximum absolute atomic E-state index is 14.5. The third-order valence-corrected chi connectivity index (χ3v) is 9.60. The molecule has 0 radical (unpaired) electrons. The van der Waals surface area contributed by atoms with Crippen LogP contribution in [0.2, 0.25) is 15.1 Å². The molecule has 3 aromatic rings. The topological polar surface area (TPSA) is 97.8 Å². The molecule has 9 nitrogen and oxygen atoms in total. The van der Waals surface area contributed by atoms with Gasteiger partial charge in [0.05, 0.1) is 21.1 Å². The van der Waals surface area contributed by atoms with Gasteiger partial charge in [0.1, 0.15) is 13.2 Å². The average molecular weight is 701 g/mol. The Morgan fingerprint density at radius 2 is 1.77 bits per heavy atom. The molecule has 1 saturated carbocycles. The number of ether oxygens (including phenoxy) is 3. The van der Waals surface area contributed by atoms with Crippen LogP contribution in [0.25, 0.3) is 5.57 Å². The molecule has 2 fully saturated rings. The third-order valence-electron chi connectivity index (χ3n) is 8.70. The van der Waals surface area contributed by atoms with Gasteiger partial charge in [-0.05, 0) is 85.6 Å². The number of piperazine rings is 1. The van der Waals surface area contributed by atoms with Gasteiger partial charge in [-0.1, -0.05) is 34.8 Å². The van der Waals surface area contributed by atoms with Crippen molar-refractivity contribution in [1.82, 2.24) is 25.5 Å². The number of benzene rings is 1. The second-order valence-electron chi connectivity index (χ2n) is 12.3. The molecule has 3 aliphatic rings. The monoisotopic (exact) mass is 699 g/mol. The van der Waals surface area contributed by atoms with Gasteiger partial charge in [-0.25, -0.2) is 4.98 Å². The summed E-state index contributed by atoms with van der Waals surface area (Å²) < 4.78 is 16.8. The molecule has 250 valence electrons. The van der Waals surface area contributed by atoms with E-state index in [-0.39, 0.29) is 37.2 Å². The molecule has 1 saturated heterocycles. The highest BCUT2D eigenvalue weighted by atomic mass is 35.5. The van der Waals surface area contributed by atoms with Crippen molar-refractivity contribution in [3.05, 3.63) is 85.8 Å². The van der Waals surface area contributed by atoms with Crippen LogP contribution < -0.4 is 20.1 Å². The summed E-state index contributed by atoms with van der Waals surface area (Å²) in [7, 11) is 1.70. The molecule has 2 bridgehead atoms. The molecule has 1 amide bonds. The van der Waals surface area contributed by atoms with Gasteiger partial charge in [0.2, 0.25) is 5.88 Å². The lowest BCUT2D eigenvalue weighted by atomic mass is 9.84. The molecule has 2 aromatic heterocycles. The smallest absolute Gasteiger partial charge is 0.252 e. The van der Waals surface area contributed by atoms with Crippen LogP contribution >= 0.6 is 34.8 Å². The minimum absolute atomic E-state index is 0.0434. The van der Waals surface area contributed by atoms with Gasteiger partial charge in [-0.2, -0.15) is 0 Å². The Morgan fingerprint density at radius 3 is 2.49 bits per heavy atom. The molecule has 1 aromatic carbocycles. The van der Waals surface area contributed by atoms with Gasteiger partial charge in [-0.15, -0.1) is 0 Å². The molecule has 6 rings (SSSR count). The number of fused-ring (bicyclic) bond motifs is 2. The van der Waals surface area contributed by atoms with Gasteiger partial charge in [-0.3, -0.25) is 9.78 Å². The number of carbonyl (C=O) groups is 1. The normalized spacial score (nSPS) is 19.1. The maximum Gasteiger partial charge on any atom is 0.252 e. The van der Waals surface area contributed by atoms with Crippen molar-refractivity contribution >= 4 is 46.3 Å². The second-order valence-corrected chi connectivity index (χ2v) is 13.6. The van der Waals surface area contributed by atoms with Crippen molar-refractivity contribution < 1.29 is 19.0 Å². The number of hydrogen-bond acceptors (Lipinski definition) is 8. The van der Waals surface area contributed by atoms with Crippen LogP contribution in [0.15, 0.2) is 48.3 Å². The summed E-state index contributed by atoms with van der Waals surface area (Å²) in [5.41, 5.74) is 5.57. The SMILES string of the molecule is COCCCc1cc(CN(C(=O)C2=C(c3ccc(OCCOc4c(Cl)cc(C)cc4Cl)nc3)C[C@@H]3CNC[C@@H]2N3)C2CC2)c(Cl)cn1. The molecule has 2 N–H and O–H groups in total. The highest BCUT2D eigenvalue weighted by molar-refractivity contribution is 6.37. The van der Waals surface area contributed by atoms with Crippen molar-refractivity contribution in [2.75, 3.05) is 40.0 Å². The van der Waals surface area contributed by atoms with E-state index >= 15 is 0 Å². The Hall–Kier alpha value is -2.92.